The molecule has 3 amide bonds. The third-order valence-corrected chi connectivity index (χ3v) is 5.11. The van der Waals surface area contributed by atoms with Crippen molar-refractivity contribution in [2.75, 3.05) is 12.0 Å². The summed E-state index contributed by atoms with van der Waals surface area (Å²) in [5.74, 6) is -0.229. The normalized spacial score (nSPS) is 14.0. The molecule has 0 aliphatic rings. The van der Waals surface area contributed by atoms with Gasteiger partial charge in [-0.1, -0.05) is 44.2 Å². The van der Waals surface area contributed by atoms with E-state index >= 15 is 0 Å². The van der Waals surface area contributed by atoms with Gasteiger partial charge in [-0.25, -0.2) is 0 Å². The molecule has 29 heavy (non-hydrogen) atoms. The lowest BCUT2D eigenvalue weighted by atomic mass is 10.00. The number of hydrogen-bond acceptors (Lipinski definition) is 6. The molecule has 7 nitrogen and oxygen atoms in total. The van der Waals surface area contributed by atoms with Crippen molar-refractivity contribution in [1.29, 1.82) is 0 Å². The van der Waals surface area contributed by atoms with Crippen LogP contribution in [0.1, 0.15) is 32.3 Å². The molecular formula is C21H31N3O4S. The summed E-state index contributed by atoms with van der Waals surface area (Å²) in [5.41, 5.74) is 6.73. The van der Waals surface area contributed by atoms with Gasteiger partial charge in [-0.3, -0.25) is 19.3 Å². The zero-order valence-electron chi connectivity index (χ0n) is 17.2. The highest BCUT2D eigenvalue weighted by Crippen LogP contribution is 2.13. The third kappa shape index (κ3) is 8.37. The van der Waals surface area contributed by atoms with E-state index in [1.807, 2.05) is 50.4 Å². The molecule has 0 aromatic heterocycles. The fraction of sp³-hybridized carbons (Fsp3) is 0.524. The van der Waals surface area contributed by atoms with Crippen LogP contribution in [0.25, 0.3) is 0 Å². The minimum Gasteiger partial charge on any atom is -0.343 e. The van der Waals surface area contributed by atoms with Crippen LogP contribution < -0.4 is 11.1 Å². The smallest absolute Gasteiger partial charge is 0.252 e. The molecule has 0 radical (unpaired) electrons. The van der Waals surface area contributed by atoms with Gasteiger partial charge in [0.1, 0.15) is 12.3 Å². The third-order valence-electron chi connectivity index (χ3n) is 4.46. The maximum absolute atomic E-state index is 13.0. The Balaban J connectivity index is 2.96. The molecule has 0 aliphatic heterocycles. The average Bonchev–Trinajstić information content (AvgIpc) is 2.71. The fourth-order valence-corrected chi connectivity index (χ4v) is 3.38. The number of benzene rings is 1. The topological polar surface area (TPSA) is 110 Å². The Bertz CT molecular complexity index is 669. The Labute approximate surface area is 176 Å². The molecule has 1 aromatic rings. The molecule has 0 saturated heterocycles. The van der Waals surface area contributed by atoms with Crippen LogP contribution in [0.3, 0.4) is 0 Å². The average molecular weight is 422 g/mol. The molecule has 8 heteroatoms. The van der Waals surface area contributed by atoms with E-state index in [1.165, 1.54) is 0 Å². The van der Waals surface area contributed by atoms with Crippen LogP contribution in [-0.4, -0.2) is 59.5 Å². The first kappa shape index (κ1) is 24.8. The highest BCUT2D eigenvalue weighted by Gasteiger charge is 2.32. The van der Waals surface area contributed by atoms with Crippen molar-refractivity contribution < 1.29 is 19.2 Å². The quantitative estimate of drug-likeness (QED) is 0.466. The second kappa shape index (κ2) is 13.1. The van der Waals surface area contributed by atoms with E-state index in [2.05, 4.69) is 5.32 Å². The maximum Gasteiger partial charge on any atom is 0.252 e. The zero-order chi connectivity index (χ0) is 21.8. The number of carbonyl (C=O) groups is 4. The highest BCUT2D eigenvalue weighted by atomic mass is 32.2. The largest absolute Gasteiger partial charge is 0.343 e. The first-order chi connectivity index (χ1) is 13.8. The van der Waals surface area contributed by atoms with Gasteiger partial charge in [0.05, 0.1) is 12.1 Å². The van der Waals surface area contributed by atoms with E-state index in [0.29, 0.717) is 25.5 Å². The van der Waals surface area contributed by atoms with Gasteiger partial charge in [-0.05, 0) is 36.3 Å². The highest BCUT2D eigenvalue weighted by molar-refractivity contribution is 7.98. The van der Waals surface area contributed by atoms with Gasteiger partial charge in [0.2, 0.25) is 12.3 Å². The van der Waals surface area contributed by atoms with Crippen molar-refractivity contribution in [3.63, 3.8) is 0 Å². The number of hydrogen-bond donors (Lipinski definition) is 2. The predicted octanol–water partition coefficient (Wildman–Crippen LogP) is 1.39. The Hall–Kier alpha value is -2.19. The van der Waals surface area contributed by atoms with Crippen LogP contribution in [0.5, 0.6) is 0 Å². The molecule has 0 heterocycles. The lowest BCUT2D eigenvalue weighted by Crippen LogP contribution is -2.55. The van der Waals surface area contributed by atoms with Crippen molar-refractivity contribution in [3.8, 4) is 0 Å². The number of rotatable bonds is 13. The molecular weight excluding hydrogens is 390 g/mol. The summed E-state index contributed by atoms with van der Waals surface area (Å²) in [6, 6.07) is 6.52. The molecule has 0 aliphatic carbocycles. The second-order valence-corrected chi connectivity index (χ2v) is 8.31. The Morgan fingerprint density at radius 1 is 1.21 bits per heavy atom. The van der Waals surface area contributed by atoms with E-state index in [9.17, 15) is 19.2 Å². The number of nitrogens with two attached hydrogens (primary N) is 1. The molecule has 1 rings (SSSR count). The molecule has 0 unspecified atom stereocenters. The van der Waals surface area contributed by atoms with Crippen molar-refractivity contribution >= 4 is 36.3 Å². The predicted molar refractivity (Wildman–Crippen MR) is 115 cm³/mol. The molecule has 0 spiro atoms. The van der Waals surface area contributed by atoms with Gasteiger partial charge in [0.25, 0.3) is 5.91 Å². The van der Waals surface area contributed by atoms with E-state index in [1.54, 1.807) is 11.8 Å². The molecule has 0 fully saturated rings. The number of nitrogens with zero attached hydrogens (tertiary/aromatic N) is 1. The maximum atomic E-state index is 13.0. The molecule has 0 saturated carbocycles. The van der Waals surface area contributed by atoms with Crippen LogP contribution in [0.4, 0.5) is 0 Å². The minimum atomic E-state index is -0.945. The van der Waals surface area contributed by atoms with Gasteiger partial charge in [0.15, 0.2) is 0 Å². The lowest BCUT2D eigenvalue weighted by Gasteiger charge is -2.29. The van der Waals surface area contributed by atoms with Crippen molar-refractivity contribution in [3.05, 3.63) is 35.9 Å². The number of thioether (sulfide) groups is 1. The van der Waals surface area contributed by atoms with Crippen LogP contribution in [0.2, 0.25) is 0 Å². The van der Waals surface area contributed by atoms with Crippen LogP contribution in [0.15, 0.2) is 30.3 Å². The van der Waals surface area contributed by atoms with Crippen LogP contribution in [0, 0.1) is 5.92 Å². The van der Waals surface area contributed by atoms with Gasteiger partial charge in [0, 0.05) is 6.42 Å². The number of amides is 3. The molecule has 1 aromatic carbocycles. The van der Waals surface area contributed by atoms with Crippen LogP contribution >= 0.6 is 11.8 Å². The monoisotopic (exact) mass is 421 g/mol. The van der Waals surface area contributed by atoms with Crippen molar-refractivity contribution in [2.24, 2.45) is 11.7 Å². The molecule has 160 valence electrons. The molecule has 0 bridgehead atoms. The first-order valence-corrected chi connectivity index (χ1v) is 11.0. The lowest BCUT2D eigenvalue weighted by molar-refractivity contribution is -0.146. The van der Waals surface area contributed by atoms with Gasteiger partial charge < -0.3 is 15.8 Å². The standard InChI is InChI=1S/C21H31N3O4S/c1-15(2)11-19(23-20(27)18(22)9-10-29-3)21(28)24(14-26)17(13-25)12-16-7-5-4-6-8-16/h4-8,13-15,17-19H,9-12,22H2,1-3H3,(H,23,27)/t17-,18-,19-/m0/s1. The van der Waals surface area contributed by atoms with Gasteiger partial charge in [-0.2, -0.15) is 11.8 Å². The summed E-state index contributed by atoms with van der Waals surface area (Å²) in [4.78, 5) is 49.7. The second-order valence-electron chi connectivity index (χ2n) is 7.32. The van der Waals surface area contributed by atoms with Gasteiger partial charge in [-0.15, -0.1) is 0 Å². The van der Waals surface area contributed by atoms with Crippen molar-refractivity contribution in [1.82, 2.24) is 10.2 Å². The summed E-state index contributed by atoms with van der Waals surface area (Å²) in [6.45, 7) is 3.82. The Kier molecular flexibility index (Phi) is 11.2. The first-order valence-electron chi connectivity index (χ1n) is 9.65. The number of carbonyl (C=O) groups excluding carboxylic acids is 4. The SMILES string of the molecule is CSCC[C@H](N)C(=O)N[C@@H](CC(C)C)C(=O)N(C=O)[C@H](C=O)Cc1ccccc1. The van der Waals surface area contributed by atoms with E-state index in [0.717, 1.165) is 16.2 Å². The summed E-state index contributed by atoms with van der Waals surface area (Å²) in [7, 11) is 0. The van der Waals surface area contributed by atoms with Gasteiger partial charge >= 0.3 is 0 Å². The summed E-state index contributed by atoms with van der Waals surface area (Å²) in [6.07, 6.45) is 3.89. The number of nitrogens with one attached hydrogen (secondary N) is 1. The number of imide groups is 1. The van der Waals surface area contributed by atoms with E-state index in [4.69, 9.17) is 5.73 Å². The summed E-state index contributed by atoms with van der Waals surface area (Å²) < 4.78 is 0. The minimum absolute atomic E-state index is 0.0870. The van der Waals surface area contributed by atoms with Crippen LogP contribution in [-0.2, 0) is 25.6 Å². The zero-order valence-corrected chi connectivity index (χ0v) is 18.1. The Morgan fingerprint density at radius 2 is 1.86 bits per heavy atom. The Morgan fingerprint density at radius 3 is 2.38 bits per heavy atom. The van der Waals surface area contributed by atoms with Crippen molar-refractivity contribution in [2.45, 2.75) is 51.2 Å². The molecule has 3 N–H and O–H groups in total. The fourth-order valence-electron chi connectivity index (χ4n) is 2.89. The van der Waals surface area contributed by atoms with E-state index < -0.39 is 29.9 Å². The number of aldehydes is 1. The van der Waals surface area contributed by atoms with E-state index in [-0.39, 0.29) is 12.3 Å². The molecule has 3 atom stereocenters. The summed E-state index contributed by atoms with van der Waals surface area (Å²) in [5, 5.41) is 2.68. The summed E-state index contributed by atoms with van der Waals surface area (Å²) >= 11 is 1.58.